The summed E-state index contributed by atoms with van der Waals surface area (Å²) in [5.41, 5.74) is 2.95. The van der Waals surface area contributed by atoms with Crippen molar-refractivity contribution in [3.05, 3.63) is 47.8 Å². The van der Waals surface area contributed by atoms with Crippen molar-refractivity contribution in [1.29, 1.82) is 5.26 Å². The van der Waals surface area contributed by atoms with Crippen LogP contribution in [0.1, 0.15) is 11.3 Å². The number of hydrogen-bond acceptors (Lipinski definition) is 7. The number of hydrogen-bond donors (Lipinski definition) is 1. The van der Waals surface area contributed by atoms with Gasteiger partial charge in [-0.1, -0.05) is 0 Å². The number of H-pyrrole nitrogens is 1. The largest absolute Gasteiger partial charge is 0.490 e. The van der Waals surface area contributed by atoms with E-state index < -0.39 is 0 Å². The number of nitrogens with one attached hydrogen (secondary N) is 1. The van der Waals surface area contributed by atoms with Crippen LogP contribution in [0.5, 0.6) is 5.75 Å². The van der Waals surface area contributed by atoms with Crippen LogP contribution < -0.4 is 4.74 Å². The molecule has 1 N–H and O–H groups in total. The summed E-state index contributed by atoms with van der Waals surface area (Å²) in [6.07, 6.45) is 1.72. The first-order valence-corrected chi connectivity index (χ1v) is 8.80. The van der Waals surface area contributed by atoms with Crippen LogP contribution in [0.15, 0.2) is 36.5 Å². The molecule has 0 radical (unpaired) electrons. The molecule has 0 aliphatic rings. The number of benzene rings is 1. The summed E-state index contributed by atoms with van der Waals surface area (Å²) < 4.78 is 15.9. The Balaban J connectivity index is 1.69. The molecule has 0 aliphatic heterocycles. The Morgan fingerprint density at radius 2 is 1.93 bits per heavy atom. The van der Waals surface area contributed by atoms with Gasteiger partial charge in [-0.15, -0.1) is 0 Å². The molecule has 2 heterocycles. The minimum Gasteiger partial charge on any atom is -0.490 e. The lowest BCUT2D eigenvalue weighted by molar-refractivity contribution is 0.0544. The maximum atomic E-state index is 9.45. The monoisotopic (exact) mass is 379 g/mol. The number of aromatic nitrogens is 4. The fourth-order valence-corrected chi connectivity index (χ4v) is 2.55. The van der Waals surface area contributed by atoms with Crippen LogP contribution in [0.3, 0.4) is 0 Å². The maximum absolute atomic E-state index is 9.45. The number of ether oxygens (including phenoxy) is 3. The predicted molar refractivity (Wildman–Crippen MR) is 103 cm³/mol. The Morgan fingerprint density at radius 1 is 1.07 bits per heavy atom. The van der Waals surface area contributed by atoms with Crippen molar-refractivity contribution < 1.29 is 14.2 Å². The quantitative estimate of drug-likeness (QED) is 0.570. The highest BCUT2D eigenvalue weighted by atomic mass is 16.5. The van der Waals surface area contributed by atoms with E-state index in [2.05, 4.69) is 26.2 Å². The number of aryl methyl sites for hydroxylation is 1. The second kappa shape index (κ2) is 9.60. The second-order valence-electron chi connectivity index (χ2n) is 5.97. The Morgan fingerprint density at radius 3 is 2.71 bits per heavy atom. The van der Waals surface area contributed by atoms with Crippen molar-refractivity contribution in [2.45, 2.75) is 6.92 Å². The molecule has 0 aliphatic carbocycles. The van der Waals surface area contributed by atoms with Crippen molar-refractivity contribution in [2.24, 2.45) is 0 Å². The van der Waals surface area contributed by atoms with Gasteiger partial charge in [-0.2, -0.15) is 10.4 Å². The number of nitrogens with zero attached hydrogens (tertiary/aromatic N) is 4. The van der Waals surface area contributed by atoms with E-state index in [1.54, 1.807) is 25.4 Å². The molecule has 0 bridgehead atoms. The fraction of sp³-hybridized carbons (Fsp3) is 0.300. The molecule has 1 aromatic carbocycles. The second-order valence-corrected chi connectivity index (χ2v) is 5.97. The van der Waals surface area contributed by atoms with Gasteiger partial charge in [0.2, 0.25) is 0 Å². The van der Waals surface area contributed by atoms with Gasteiger partial charge in [0.1, 0.15) is 18.4 Å². The van der Waals surface area contributed by atoms with E-state index in [0.29, 0.717) is 49.4 Å². The SMILES string of the molecule is COCCOCCOc1ccc(-c2nc(-c3ccnc(C)c3)n[nH]2)cc1C#N. The highest BCUT2D eigenvalue weighted by Gasteiger charge is 2.11. The van der Waals surface area contributed by atoms with Gasteiger partial charge >= 0.3 is 0 Å². The lowest BCUT2D eigenvalue weighted by Gasteiger charge is -2.09. The summed E-state index contributed by atoms with van der Waals surface area (Å²) in [7, 11) is 1.62. The molecule has 3 aromatic rings. The standard InChI is InChI=1S/C20H21N5O3/c1-14-11-16(5-6-22-14)20-23-19(24-25-20)15-3-4-18(17(12-15)13-21)28-10-9-27-8-7-26-2/h3-6,11-12H,7-10H2,1-2H3,(H,23,24,25). The fourth-order valence-electron chi connectivity index (χ4n) is 2.55. The minimum atomic E-state index is 0.353. The molecule has 2 aromatic heterocycles. The van der Waals surface area contributed by atoms with Gasteiger partial charge in [-0.05, 0) is 37.3 Å². The molecular weight excluding hydrogens is 358 g/mol. The van der Waals surface area contributed by atoms with Gasteiger partial charge in [0, 0.05) is 30.1 Å². The molecule has 0 spiro atoms. The number of aromatic amines is 1. The molecule has 8 heteroatoms. The van der Waals surface area contributed by atoms with Crippen LogP contribution >= 0.6 is 0 Å². The zero-order valence-corrected chi connectivity index (χ0v) is 15.8. The highest BCUT2D eigenvalue weighted by Crippen LogP contribution is 2.26. The van der Waals surface area contributed by atoms with E-state index in [4.69, 9.17) is 14.2 Å². The molecule has 144 valence electrons. The molecule has 0 unspecified atom stereocenters. The zero-order valence-electron chi connectivity index (χ0n) is 15.8. The third-order valence-electron chi connectivity index (χ3n) is 3.93. The molecule has 0 fully saturated rings. The number of methoxy groups -OCH3 is 1. The van der Waals surface area contributed by atoms with Crippen molar-refractivity contribution in [2.75, 3.05) is 33.5 Å². The third kappa shape index (κ3) is 4.91. The van der Waals surface area contributed by atoms with Crippen molar-refractivity contribution in [1.82, 2.24) is 20.2 Å². The van der Waals surface area contributed by atoms with Crippen LogP contribution in [0.4, 0.5) is 0 Å². The molecular formula is C20H21N5O3. The molecule has 0 atom stereocenters. The average molecular weight is 379 g/mol. The Kier molecular flexibility index (Phi) is 6.68. The van der Waals surface area contributed by atoms with Gasteiger partial charge in [-0.25, -0.2) is 4.98 Å². The van der Waals surface area contributed by atoms with Gasteiger partial charge in [0.15, 0.2) is 11.6 Å². The molecule has 8 nitrogen and oxygen atoms in total. The van der Waals surface area contributed by atoms with E-state index in [1.165, 1.54) is 0 Å². The average Bonchev–Trinajstić information content (AvgIpc) is 3.21. The summed E-state index contributed by atoms with van der Waals surface area (Å²) in [4.78, 5) is 8.70. The van der Waals surface area contributed by atoms with Crippen LogP contribution in [0, 0.1) is 18.3 Å². The highest BCUT2D eigenvalue weighted by molar-refractivity contribution is 5.64. The van der Waals surface area contributed by atoms with E-state index in [1.807, 2.05) is 25.1 Å². The molecule has 28 heavy (non-hydrogen) atoms. The van der Waals surface area contributed by atoms with E-state index in [9.17, 15) is 5.26 Å². The summed E-state index contributed by atoms with van der Waals surface area (Å²) in [5, 5.41) is 16.6. The number of nitriles is 1. The summed E-state index contributed by atoms with van der Waals surface area (Å²) in [6.45, 7) is 3.74. The van der Waals surface area contributed by atoms with Crippen LogP contribution in [0.25, 0.3) is 22.8 Å². The molecule has 0 amide bonds. The predicted octanol–water partition coefficient (Wildman–Crippen LogP) is 2.76. The minimum absolute atomic E-state index is 0.353. The van der Waals surface area contributed by atoms with E-state index >= 15 is 0 Å². The lowest BCUT2D eigenvalue weighted by atomic mass is 10.1. The van der Waals surface area contributed by atoms with Crippen molar-refractivity contribution in [3.63, 3.8) is 0 Å². The lowest BCUT2D eigenvalue weighted by Crippen LogP contribution is -2.10. The van der Waals surface area contributed by atoms with Gasteiger partial charge in [0.25, 0.3) is 0 Å². The topological polar surface area (TPSA) is 106 Å². The maximum Gasteiger partial charge on any atom is 0.181 e. The summed E-state index contributed by atoms with van der Waals surface area (Å²) in [6, 6.07) is 11.2. The summed E-state index contributed by atoms with van der Waals surface area (Å²) >= 11 is 0. The van der Waals surface area contributed by atoms with Crippen LogP contribution in [-0.4, -0.2) is 53.7 Å². The van der Waals surface area contributed by atoms with Crippen LogP contribution in [-0.2, 0) is 9.47 Å². The molecule has 0 saturated carbocycles. The Labute approximate surface area is 163 Å². The van der Waals surface area contributed by atoms with Crippen LogP contribution in [0.2, 0.25) is 0 Å². The normalized spacial score (nSPS) is 10.6. The number of pyridine rings is 1. The van der Waals surface area contributed by atoms with Crippen molar-refractivity contribution in [3.8, 4) is 34.6 Å². The smallest absolute Gasteiger partial charge is 0.181 e. The number of rotatable bonds is 9. The van der Waals surface area contributed by atoms with Gasteiger partial charge in [-0.3, -0.25) is 10.1 Å². The van der Waals surface area contributed by atoms with E-state index in [0.717, 1.165) is 16.8 Å². The zero-order chi connectivity index (χ0) is 19.8. The summed E-state index contributed by atoms with van der Waals surface area (Å²) in [5.74, 6) is 1.66. The first-order valence-electron chi connectivity index (χ1n) is 8.80. The molecule has 0 saturated heterocycles. The third-order valence-corrected chi connectivity index (χ3v) is 3.93. The first kappa shape index (κ1) is 19.5. The first-order chi connectivity index (χ1) is 13.7. The van der Waals surface area contributed by atoms with E-state index in [-0.39, 0.29) is 0 Å². The molecule has 3 rings (SSSR count). The van der Waals surface area contributed by atoms with Gasteiger partial charge in [0.05, 0.1) is 25.4 Å². The Bertz CT molecular complexity index is 964. The van der Waals surface area contributed by atoms with Crippen molar-refractivity contribution >= 4 is 0 Å². The van der Waals surface area contributed by atoms with Gasteiger partial charge < -0.3 is 14.2 Å². The Hall–Kier alpha value is -3.28.